The molecule has 11 heteroatoms. The van der Waals surface area contributed by atoms with Crippen LogP contribution in [-0.4, -0.2) is 41.5 Å². The van der Waals surface area contributed by atoms with E-state index in [1.807, 2.05) is 24.3 Å². The zero-order valence-electron chi connectivity index (χ0n) is 26.2. The normalized spacial score (nSPS) is 12.3. The number of hydrogen-bond donors (Lipinski definition) is 2. The molecular weight excluding hydrogens is 625 g/mol. The lowest BCUT2D eigenvalue weighted by Gasteiger charge is -2.22. The van der Waals surface area contributed by atoms with Gasteiger partial charge in [0, 0.05) is 41.5 Å². The lowest BCUT2D eigenvalue weighted by Crippen LogP contribution is -2.25. The van der Waals surface area contributed by atoms with Crippen molar-refractivity contribution in [1.29, 1.82) is 0 Å². The molecule has 0 saturated heterocycles. The van der Waals surface area contributed by atoms with E-state index < -0.39 is 29.2 Å². The molecule has 1 unspecified atom stereocenters. The number of aromatic amines is 1. The van der Waals surface area contributed by atoms with E-state index in [1.54, 1.807) is 43.4 Å². The number of ether oxygens (including phenoxy) is 3. The number of fused-ring (bicyclic) bond motifs is 2. The van der Waals surface area contributed by atoms with Crippen molar-refractivity contribution in [1.82, 2.24) is 9.55 Å². The van der Waals surface area contributed by atoms with E-state index >= 15 is 0 Å². The molecule has 0 spiro atoms. The fourth-order valence-electron chi connectivity index (χ4n) is 6.13. The summed E-state index contributed by atoms with van der Waals surface area (Å²) in [4.78, 5) is 30.5. The monoisotopic (exact) mass is 656 g/mol. The third kappa shape index (κ3) is 5.83. The molecule has 0 fully saturated rings. The Bertz CT molecular complexity index is 2200. The molecule has 0 bridgehead atoms. The van der Waals surface area contributed by atoms with E-state index in [9.17, 15) is 27.9 Å². The number of benzene rings is 4. The Balaban J connectivity index is 1.48. The van der Waals surface area contributed by atoms with Crippen molar-refractivity contribution in [2.45, 2.75) is 18.5 Å². The number of aryl methyl sites for hydroxylation is 1. The van der Waals surface area contributed by atoms with Gasteiger partial charge in [-0.1, -0.05) is 42.5 Å². The molecule has 0 aliphatic heterocycles. The van der Waals surface area contributed by atoms with Gasteiger partial charge in [-0.05, 0) is 53.6 Å². The summed E-state index contributed by atoms with van der Waals surface area (Å²) in [6.07, 6.45) is -4.40. The molecule has 2 heterocycles. The first-order chi connectivity index (χ1) is 23.0. The highest BCUT2D eigenvalue weighted by atomic mass is 19.4. The second kappa shape index (κ2) is 12.8. The lowest BCUT2D eigenvalue weighted by atomic mass is 9.84. The molecule has 4 aromatic carbocycles. The fourth-order valence-corrected chi connectivity index (χ4v) is 6.13. The summed E-state index contributed by atoms with van der Waals surface area (Å²) in [5.41, 5.74) is 1.49. The molecule has 0 aliphatic carbocycles. The maximum Gasteiger partial charge on any atom is 0.416 e. The summed E-state index contributed by atoms with van der Waals surface area (Å²) in [5, 5.41) is 12.8. The number of alkyl halides is 3. The Morgan fingerprint density at radius 1 is 0.917 bits per heavy atom. The van der Waals surface area contributed by atoms with E-state index in [-0.39, 0.29) is 35.7 Å². The van der Waals surface area contributed by atoms with Crippen LogP contribution in [0.3, 0.4) is 0 Å². The summed E-state index contributed by atoms with van der Waals surface area (Å²) in [6.45, 7) is -0.0791. The predicted octanol–water partition coefficient (Wildman–Crippen LogP) is 7.34. The smallest absolute Gasteiger partial charge is 0.416 e. The maximum absolute atomic E-state index is 14.0. The van der Waals surface area contributed by atoms with Crippen molar-refractivity contribution in [3.8, 4) is 17.2 Å². The highest BCUT2D eigenvalue weighted by Gasteiger charge is 2.33. The van der Waals surface area contributed by atoms with Crippen LogP contribution in [0.25, 0.3) is 21.8 Å². The zero-order chi connectivity index (χ0) is 34.2. The second-order valence-corrected chi connectivity index (χ2v) is 11.2. The molecule has 0 aliphatic rings. The number of halogens is 3. The number of methoxy groups -OCH3 is 2. The minimum atomic E-state index is -4.57. The molecule has 6 rings (SSSR count). The fraction of sp³-hybridized carbons (Fsp3) is 0.189. The third-order valence-corrected chi connectivity index (χ3v) is 8.52. The van der Waals surface area contributed by atoms with Crippen LogP contribution in [0.15, 0.2) is 95.8 Å². The summed E-state index contributed by atoms with van der Waals surface area (Å²) >= 11 is 0. The summed E-state index contributed by atoms with van der Waals surface area (Å²) in [6, 6.07) is 23.5. The number of carbonyl (C=O) groups excluding carboxylic acids is 1. The topological polar surface area (TPSA) is 103 Å². The molecule has 6 aromatic rings. The molecule has 0 saturated carbocycles. The van der Waals surface area contributed by atoms with Crippen molar-refractivity contribution >= 4 is 27.8 Å². The number of esters is 1. The predicted molar refractivity (Wildman–Crippen MR) is 175 cm³/mol. The van der Waals surface area contributed by atoms with E-state index in [0.717, 1.165) is 17.5 Å². The van der Waals surface area contributed by atoms with Gasteiger partial charge >= 0.3 is 12.1 Å². The number of H-pyrrole nitrogens is 1. The molecule has 48 heavy (non-hydrogen) atoms. The standard InChI is InChI=1S/C37H31F3N2O6/c1-42-29-11-7-5-9-26(29)34(43)32(35(42)44)31(21-12-14-22(15-13-21)37(38,39)40)33-25(24-8-4-6-10-28(24)41-33)18-19-48-36(45)27-17-16-23(46-2)20-30(27)47-3/h4-17,20,31,41,43H,18-19H2,1-3H3. The first-order valence-electron chi connectivity index (χ1n) is 15.0. The van der Waals surface area contributed by atoms with Crippen molar-refractivity contribution in [3.63, 3.8) is 0 Å². The largest absolute Gasteiger partial charge is 0.507 e. The number of aromatic nitrogens is 2. The minimum Gasteiger partial charge on any atom is -0.507 e. The number of hydrogen-bond acceptors (Lipinski definition) is 6. The molecule has 246 valence electrons. The van der Waals surface area contributed by atoms with Gasteiger partial charge in [-0.15, -0.1) is 0 Å². The summed E-state index contributed by atoms with van der Waals surface area (Å²) in [7, 11) is 4.50. The molecule has 0 radical (unpaired) electrons. The van der Waals surface area contributed by atoms with Crippen LogP contribution in [0, 0.1) is 0 Å². The van der Waals surface area contributed by atoms with Gasteiger partial charge in [0.2, 0.25) is 0 Å². The van der Waals surface area contributed by atoms with Crippen LogP contribution in [0.2, 0.25) is 0 Å². The molecule has 2 N–H and O–H groups in total. The van der Waals surface area contributed by atoms with Crippen molar-refractivity contribution in [2.75, 3.05) is 20.8 Å². The first-order valence-corrected chi connectivity index (χ1v) is 15.0. The Kier molecular flexibility index (Phi) is 8.61. The van der Waals surface area contributed by atoms with Crippen molar-refractivity contribution in [2.24, 2.45) is 7.05 Å². The number of pyridine rings is 1. The summed E-state index contributed by atoms with van der Waals surface area (Å²) in [5.74, 6) is -1.14. The molecule has 1 atom stereocenters. The van der Waals surface area contributed by atoms with Gasteiger partial charge in [0.05, 0.1) is 43.4 Å². The van der Waals surface area contributed by atoms with Crippen LogP contribution in [0.1, 0.15) is 44.2 Å². The lowest BCUT2D eigenvalue weighted by molar-refractivity contribution is -0.137. The average Bonchev–Trinajstić information content (AvgIpc) is 3.46. The number of rotatable bonds is 9. The number of para-hydroxylation sites is 2. The molecule has 2 aromatic heterocycles. The van der Waals surface area contributed by atoms with E-state index in [0.29, 0.717) is 39.0 Å². The van der Waals surface area contributed by atoms with Gasteiger partial charge < -0.3 is 28.9 Å². The highest BCUT2D eigenvalue weighted by molar-refractivity contribution is 5.93. The third-order valence-electron chi connectivity index (χ3n) is 8.52. The second-order valence-electron chi connectivity index (χ2n) is 11.2. The van der Waals surface area contributed by atoms with Gasteiger partial charge in [-0.3, -0.25) is 4.79 Å². The molecular formula is C37H31F3N2O6. The number of nitrogens with one attached hydrogen (secondary N) is 1. The Morgan fingerprint density at radius 2 is 1.60 bits per heavy atom. The van der Waals surface area contributed by atoms with Crippen LogP contribution >= 0.6 is 0 Å². The van der Waals surface area contributed by atoms with Crippen molar-refractivity contribution in [3.05, 3.63) is 135 Å². The Hall–Kier alpha value is -5.71. The Labute approximate surface area is 272 Å². The zero-order valence-corrected chi connectivity index (χ0v) is 26.2. The Morgan fingerprint density at radius 3 is 2.29 bits per heavy atom. The van der Waals surface area contributed by atoms with Gasteiger partial charge in [0.15, 0.2) is 0 Å². The minimum absolute atomic E-state index is 0.0104. The average molecular weight is 657 g/mol. The van der Waals surface area contributed by atoms with Gasteiger partial charge in [-0.2, -0.15) is 13.2 Å². The van der Waals surface area contributed by atoms with E-state index in [1.165, 1.54) is 37.0 Å². The molecule has 0 amide bonds. The van der Waals surface area contributed by atoms with Crippen LogP contribution in [-0.2, 0) is 24.4 Å². The van der Waals surface area contributed by atoms with Crippen LogP contribution < -0.4 is 15.0 Å². The van der Waals surface area contributed by atoms with Gasteiger partial charge in [0.25, 0.3) is 5.56 Å². The van der Waals surface area contributed by atoms with Crippen LogP contribution in [0.5, 0.6) is 17.2 Å². The van der Waals surface area contributed by atoms with E-state index in [4.69, 9.17) is 14.2 Å². The van der Waals surface area contributed by atoms with Crippen molar-refractivity contribution < 1.29 is 37.3 Å². The SMILES string of the molecule is COc1ccc(C(=O)OCCc2c(C(c3ccc(C(F)(F)F)cc3)c3c(O)c4ccccc4n(C)c3=O)[nH]c3ccccc23)c(OC)c1. The number of aromatic hydroxyl groups is 1. The van der Waals surface area contributed by atoms with E-state index in [2.05, 4.69) is 4.98 Å². The maximum atomic E-state index is 14.0. The first kappa shape index (κ1) is 32.2. The molecule has 8 nitrogen and oxygen atoms in total. The highest BCUT2D eigenvalue weighted by Crippen LogP contribution is 2.42. The number of carbonyl (C=O) groups is 1. The van der Waals surface area contributed by atoms with Gasteiger partial charge in [0.1, 0.15) is 22.8 Å². The van der Waals surface area contributed by atoms with Crippen LogP contribution in [0.4, 0.5) is 13.2 Å². The summed E-state index contributed by atoms with van der Waals surface area (Å²) < 4.78 is 58.4. The van der Waals surface area contributed by atoms with Gasteiger partial charge in [-0.25, -0.2) is 4.79 Å². The number of nitrogens with zero attached hydrogens (tertiary/aromatic N) is 1. The quantitative estimate of drug-likeness (QED) is 0.158.